The molecule has 7 nitrogen and oxygen atoms in total. The summed E-state index contributed by atoms with van der Waals surface area (Å²) in [4.78, 5) is 24.9. The van der Waals surface area contributed by atoms with E-state index in [1.165, 1.54) is 0 Å². The fourth-order valence-corrected chi connectivity index (χ4v) is 3.41. The van der Waals surface area contributed by atoms with E-state index in [1.54, 1.807) is 26.2 Å². The van der Waals surface area contributed by atoms with Crippen LogP contribution < -0.4 is 10.6 Å². The van der Waals surface area contributed by atoms with Crippen molar-refractivity contribution in [3.8, 4) is 0 Å². The summed E-state index contributed by atoms with van der Waals surface area (Å²) < 4.78 is 0. The van der Waals surface area contributed by atoms with Gasteiger partial charge in [-0.1, -0.05) is 0 Å². The van der Waals surface area contributed by atoms with Crippen molar-refractivity contribution in [3.05, 3.63) is 23.7 Å². The van der Waals surface area contributed by atoms with Crippen molar-refractivity contribution in [2.75, 3.05) is 13.1 Å². The summed E-state index contributed by atoms with van der Waals surface area (Å²) in [5.41, 5.74) is 0.949. The molecule has 0 aromatic carbocycles. The molecule has 0 radical (unpaired) electrons. The fourth-order valence-electron chi connectivity index (χ4n) is 3.41. The SMILES string of the molecule is CC(C)(O)C1(NC(=O)c2c[nH]c3ncc(C4CC4)nc23)CCNC1. The normalized spacial score (nSPS) is 24.5. The zero-order valence-electron chi connectivity index (χ0n) is 14.0. The molecule has 1 amide bonds. The number of hydrogen-bond acceptors (Lipinski definition) is 5. The lowest BCUT2D eigenvalue weighted by atomic mass is 9.81. The van der Waals surface area contributed by atoms with Gasteiger partial charge in [0.25, 0.3) is 5.91 Å². The number of fused-ring (bicyclic) bond motifs is 1. The second-order valence-electron chi connectivity index (χ2n) is 7.49. The Morgan fingerprint density at radius 1 is 1.46 bits per heavy atom. The van der Waals surface area contributed by atoms with Crippen LogP contribution in [0.25, 0.3) is 11.2 Å². The van der Waals surface area contributed by atoms with Gasteiger partial charge in [-0.2, -0.15) is 0 Å². The predicted molar refractivity (Wildman–Crippen MR) is 89.8 cm³/mol. The summed E-state index contributed by atoms with van der Waals surface area (Å²) in [6.45, 7) is 4.79. The minimum Gasteiger partial charge on any atom is -0.388 e. The van der Waals surface area contributed by atoms with Crippen LogP contribution in [0.1, 0.15) is 55.1 Å². The van der Waals surface area contributed by atoms with Gasteiger partial charge in [0.1, 0.15) is 5.52 Å². The third kappa shape index (κ3) is 2.48. The molecule has 1 aliphatic carbocycles. The van der Waals surface area contributed by atoms with E-state index in [-0.39, 0.29) is 5.91 Å². The van der Waals surface area contributed by atoms with Gasteiger partial charge in [0, 0.05) is 18.7 Å². The monoisotopic (exact) mass is 329 g/mol. The first kappa shape index (κ1) is 15.5. The lowest BCUT2D eigenvalue weighted by Crippen LogP contribution is -2.63. The van der Waals surface area contributed by atoms with Crippen LogP contribution in [0.3, 0.4) is 0 Å². The van der Waals surface area contributed by atoms with Gasteiger partial charge < -0.3 is 20.7 Å². The predicted octanol–water partition coefficient (Wildman–Crippen LogP) is 1.07. The number of amides is 1. The maximum absolute atomic E-state index is 12.9. The second kappa shape index (κ2) is 5.26. The van der Waals surface area contributed by atoms with Gasteiger partial charge in [-0.05, 0) is 39.7 Å². The molecule has 128 valence electrons. The molecule has 1 saturated heterocycles. The lowest BCUT2D eigenvalue weighted by molar-refractivity contribution is -0.0108. The molecule has 4 rings (SSSR count). The van der Waals surface area contributed by atoms with Crippen LogP contribution in [0.4, 0.5) is 0 Å². The number of carbonyl (C=O) groups excluding carboxylic acids is 1. The fraction of sp³-hybridized carbons (Fsp3) is 0.588. The molecule has 2 aliphatic rings. The van der Waals surface area contributed by atoms with Crippen molar-refractivity contribution in [2.45, 2.75) is 50.2 Å². The summed E-state index contributed by atoms with van der Waals surface area (Å²) in [5.74, 6) is 0.254. The highest BCUT2D eigenvalue weighted by Crippen LogP contribution is 2.39. The Bertz CT molecular complexity index is 782. The summed E-state index contributed by atoms with van der Waals surface area (Å²) >= 11 is 0. The molecule has 1 saturated carbocycles. The number of aromatic amines is 1. The molecule has 1 aliphatic heterocycles. The highest BCUT2D eigenvalue weighted by Gasteiger charge is 2.47. The summed E-state index contributed by atoms with van der Waals surface area (Å²) in [5, 5.41) is 16.8. The van der Waals surface area contributed by atoms with Crippen molar-refractivity contribution in [3.63, 3.8) is 0 Å². The maximum atomic E-state index is 12.9. The molecule has 0 bridgehead atoms. The van der Waals surface area contributed by atoms with E-state index < -0.39 is 11.1 Å². The maximum Gasteiger partial charge on any atom is 0.255 e. The first-order valence-electron chi connectivity index (χ1n) is 8.49. The molecular weight excluding hydrogens is 306 g/mol. The molecule has 4 N–H and O–H groups in total. The number of hydrogen-bond donors (Lipinski definition) is 4. The van der Waals surface area contributed by atoms with Gasteiger partial charge in [-0.3, -0.25) is 4.79 Å². The molecule has 1 unspecified atom stereocenters. The molecule has 1 atom stereocenters. The Balaban J connectivity index is 1.66. The molecule has 3 heterocycles. The van der Waals surface area contributed by atoms with E-state index in [0.29, 0.717) is 35.6 Å². The van der Waals surface area contributed by atoms with Gasteiger partial charge in [0.2, 0.25) is 0 Å². The van der Waals surface area contributed by atoms with Crippen LogP contribution in [0.15, 0.2) is 12.4 Å². The molecule has 2 fully saturated rings. The summed E-state index contributed by atoms with van der Waals surface area (Å²) in [6.07, 6.45) is 6.40. The molecule has 0 spiro atoms. The smallest absolute Gasteiger partial charge is 0.255 e. The van der Waals surface area contributed by atoms with E-state index in [2.05, 4.69) is 25.6 Å². The van der Waals surface area contributed by atoms with Crippen molar-refractivity contribution < 1.29 is 9.90 Å². The van der Waals surface area contributed by atoms with Crippen LogP contribution in [-0.4, -0.2) is 50.2 Å². The Hall–Kier alpha value is -1.99. The Morgan fingerprint density at radius 3 is 2.88 bits per heavy atom. The minimum atomic E-state index is -1.02. The minimum absolute atomic E-state index is 0.227. The molecule has 2 aromatic rings. The quantitative estimate of drug-likeness (QED) is 0.672. The van der Waals surface area contributed by atoms with E-state index >= 15 is 0 Å². The third-order valence-corrected chi connectivity index (χ3v) is 5.32. The number of aliphatic hydroxyl groups is 1. The van der Waals surface area contributed by atoms with Gasteiger partial charge >= 0.3 is 0 Å². The van der Waals surface area contributed by atoms with Crippen molar-refractivity contribution in [1.29, 1.82) is 0 Å². The highest BCUT2D eigenvalue weighted by atomic mass is 16.3. The van der Waals surface area contributed by atoms with Crippen molar-refractivity contribution in [2.24, 2.45) is 0 Å². The average Bonchev–Trinajstić information content (AvgIpc) is 3.11. The van der Waals surface area contributed by atoms with E-state index in [0.717, 1.165) is 25.1 Å². The topological polar surface area (TPSA) is 103 Å². The third-order valence-electron chi connectivity index (χ3n) is 5.32. The largest absolute Gasteiger partial charge is 0.388 e. The van der Waals surface area contributed by atoms with E-state index in [4.69, 9.17) is 0 Å². The lowest BCUT2D eigenvalue weighted by Gasteiger charge is -2.40. The number of aromatic nitrogens is 3. The Morgan fingerprint density at radius 2 is 2.25 bits per heavy atom. The van der Waals surface area contributed by atoms with Crippen LogP contribution in [0.2, 0.25) is 0 Å². The number of nitrogens with zero attached hydrogens (tertiary/aromatic N) is 2. The van der Waals surface area contributed by atoms with Crippen molar-refractivity contribution in [1.82, 2.24) is 25.6 Å². The number of nitrogens with one attached hydrogen (secondary N) is 3. The van der Waals surface area contributed by atoms with Crippen molar-refractivity contribution >= 4 is 17.1 Å². The highest BCUT2D eigenvalue weighted by molar-refractivity contribution is 6.04. The van der Waals surface area contributed by atoms with Crippen LogP contribution in [0, 0.1) is 0 Å². The van der Waals surface area contributed by atoms with E-state index in [1.807, 2.05) is 0 Å². The first-order chi connectivity index (χ1) is 11.4. The van der Waals surface area contributed by atoms with Gasteiger partial charge in [0.15, 0.2) is 5.65 Å². The van der Waals surface area contributed by atoms with E-state index in [9.17, 15) is 9.90 Å². The van der Waals surface area contributed by atoms with Gasteiger partial charge in [0.05, 0.1) is 28.6 Å². The Kier molecular flexibility index (Phi) is 3.40. The average molecular weight is 329 g/mol. The molecular formula is C17H23N5O2. The standard InChI is InChI=1S/C17H23N5O2/c1-16(2,24)17(5-6-18-9-17)22-15(23)11-7-19-14-13(11)21-12(8-20-14)10-3-4-10/h7-8,10,18,24H,3-6,9H2,1-2H3,(H,19,20)(H,22,23). The van der Waals surface area contributed by atoms with Crippen LogP contribution >= 0.6 is 0 Å². The number of rotatable bonds is 4. The number of carbonyl (C=O) groups is 1. The molecule has 2 aromatic heterocycles. The zero-order valence-corrected chi connectivity index (χ0v) is 14.0. The summed E-state index contributed by atoms with van der Waals surface area (Å²) in [7, 11) is 0. The molecule has 24 heavy (non-hydrogen) atoms. The molecule has 7 heteroatoms. The van der Waals surface area contributed by atoms with Gasteiger partial charge in [-0.15, -0.1) is 0 Å². The van der Waals surface area contributed by atoms with Crippen LogP contribution in [0.5, 0.6) is 0 Å². The number of H-pyrrole nitrogens is 1. The summed E-state index contributed by atoms with van der Waals surface area (Å²) in [6, 6.07) is 0. The van der Waals surface area contributed by atoms with Crippen LogP contribution in [-0.2, 0) is 0 Å². The zero-order chi connectivity index (χ0) is 16.9. The van der Waals surface area contributed by atoms with Gasteiger partial charge in [-0.25, -0.2) is 9.97 Å². The second-order valence-corrected chi connectivity index (χ2v) is 7.49. The first-order valence-corrected chi connectivity index (χ1v) is 8.49. The Labute approximate surface area is 140 Å².